The molecule has 98 valence electrons. The number of halogens is 1. The first-order valence-electron chi connectivity index (χ1n) is 5.03. The topological polar surface area (TPSA) is 84.5 Å². The average molecular weight is 363 g/mol. The molecule has 0 aromatic heterocycles. The molecule has 0 radical (unpaired) electrons. The second-order valence-electron chi connectivity index (χ2n) is 4.01. The molecule has 3 N–H and O–H groups in total. The van der Waals surface area contributed by atoms with Gasteiger partial charge < -0.3 is 11.1 Å². The molecule has 0 unspecified atom stereocenters. The maximum Gasteiger partial charge on any atom is 0.188 e. The Morgan fingerprint density at radius 3 is 2.44 bits per heavy atom. The summed E-state index contributed by atoms with van der Waals surface area (Å²) >= 11 is 0. The Labute approximate surface area is 115 Å². The summed E-state index contributed by atoms with van der Waals surface area (Å²) in [6.45, 7) is 5.22. The number of guanidine groups is 1. The molecule has 0 bridgehead atoms. The zero-order valence-electron chi connectivity index (χ0n) is 10.1. The van der Waals surface area contributed by atoms with E-state index in [2.05, 4.69) is 24.2 Å². The van der Waals surface area contributed by atoms with Crippen molar-refractivity contribution in [1.29, 1.82) is 0 Å². The lowest BCUT2D eigenvalue weighted by atomic mass is 10.1. The van der Waals surface area contributed by atoms with Crippen molar-refractivity contribution in [3.05, 3.63) is 0 Å². The largest absolute Gasteiger partial charge is 0.370 e. The van der Waals surface area contributed by atoms with E-state index in [1.807, 2.05) is 0 Å². The molecule has 0 fully saturated rings. The van der Waals surface area contributed by atoms with Gasteiger partial charge in [0, 0.05) is 19.3 Å². The molecule has 0 aliphatic heterocycles. The zero-order valence-corrected chi connectivity index (χ0v) is 13.2. The monoisotopic (exact) mass is 363 g/mol. The predicted molar refractivity (Wildman–Crippen MR) is 79.1 cm³/mol. The maximum absolute atomic E-state index is 10.8. The van der Waals surface area contributed by atoms with E-state index >= 15 is 0 Å². The van der Waals surface area contributed by atoms with Crippen LogP contribution in [0.1, 0.15) is 20.3 Å². The molecule has 0 heterocycles. The van der Waals surface area contributed by atoms with Gasteiger partial charge in [-0.2, -0.15) is 0 Å². The van der Waals surface area contributed by atoms with E-state index in [0.29, 0.717) is 25.0 Å². The first-order valence-corrected chi connectivity index (χ1v) is 7.09. The Bertz CT molecular complexity index is 302. The van der Waals surface area contributed by atoms with Crippen LogP contribution >= 0.6 is 24.0 Å². The van der Waals surface area contributed by atoms with Gasteiger partial charge in [-0.25, -0.2) is 8.42 Å². The van der Waals surface area contributed by atoms with Gasteiger partial charge in [0.05, 0.1) is 5.75 Å². The Hall–Kier alpha value is -0.0500. The standard InChI is InChI=1S/C9H21N3O2S.HI/c1-8(2)4-5-11-9(10)12-6-7-15(3,13)14;/h8H,4-7H2,1-3H3,(H3,10,11,12);1H. The third-order valence-electron chi connectivity index (χ3n) is 1.77. The summed E-state index contributed by atoms with van der Waals surface area (Å²) < 4.78 is 21.6. The summed E-state index contributed by atoms with van der Waals surface area (Å²) in [4.78, 5) is 4.07. The Morgan fingerprint density at radius 1 is 1.44 bits per heavy atom. The van der Waals surface area contributed by atoms with Crippen LogP contribution in [0.25, 0.3) is 0 Å². The van der Waals surface area contributed by atoms with Gasteiger partial charge in [-0.1, -0.05) is 13.8 Å². The summed E-state index contributed by atoms with van der Waals surface area (Å²) in [6, 6.07) is 0. The van der Waals surface area contributed by atoms with Crippen LogP contribution in [0.3, 0.4) is 0 Å². The molecule has 0 saturated carbocycles. The molecule has 5 nitrogen and oxygen atoms in total. The molecule has 0 aliphatic rings. The summed E-state index contributed by atoms with van der Waals surface area (Å²) in [5.74, 6) is 0.991. The minimum atomic E-state index is -2.93. The lowest BCUT2D eigenvalue weighted by molar-refractivity contribution is 0.595. The van der Waals surface area contributed by atoms with Crippen LogP contribution < -0.4 is 11.1 Å². The second kappa shape index (κ2) is 9.03. The van der Waals surface area contributed by atoms with E-state index in [-0.39, 0.29) is 29.7 Å². The first-order chi connectivity index (χ1) is 6.81. The third kappa shape index (κ3) is 13.9. The Morgan fingerprint density at radius 2 is 2.00 bits per heavy atom. The van der Waals surface area contributed by atoms with Gasteiger partial charge in [0.15, 0.2) is 5.96 Å². The van der Waals surface area contributed by atoms with E-state index in [0.717, 1.165) is 6.42 Å². The fourth-order valence-corrected chi connectivity index (χ4v) is 1.34. The molecular formula is C9H22IN3O2S. The van der Waals surface area contributed by atoms with Crippen molar-refractivity contribution in [2.75, 3.05) is 25.1 Å². The van der Waals surface area contributed by atoms with Crippen LogP contribution in [0.15, 0.2) is 4.99 Å². The molecular weight excluding hydrogens is 341 g/mol. The number of aliphatic imine (C=N–C) groups is 1. The highest BCUT2D eigenvalue weighted by atomic mass is 127. The zero-order chi connectivity index (χ0) is 11.9. The van der Waals surface area contributed by atoms with Crippen LogP contribution in [0, 0.1) is 5.92 Å². The highest BCUT2D eigenvalue weighted by Crippen LogP contribution is 1.97. The molecule has 0 amide bonds. The minimum absolute atomic E-state index is 0. The highest BCUT2D eigenvalue weighted by Gasteiger charge is 2.01. The fraction of sp³-hybridized carbons (Fsp3) is 0.889. The van der Waals surface area contributed by atoms with Crippen molar-refractivity contribution in [3.63, 3.8) is 0 Å². The smallest absolute Gasteiger partial charge is 0.188 e. The van der Waals surface area contributed by atoms with Gasteiger partial charge >= 0.3 is 0 Å². The quantitative estimate of drug-likeness (QED) is 0.411. The summed E-state index contributed by atoms with van der Waals surface area (Å²) in [5.41, 5.74) is 5.53. The van der Waals surface area contributed by atoms with Crippen LogP contribution in [0.2, 0.25) is 0 Å². The lowest BCUT2D eigenvalue weighted by Crippen LogP contribution is -2.35. The number of hydrogen-bond donors (Lipinski definition) is 2. The number of sulfone groups is 1. The van der Waals surface area contributed by atoms with Gasteiger partial charge in [0.1, 0.15) is 9.84 Å². The number of rotatable bonds is 6. The average Bonchev–Trinajstić information content (AvgIpc) is 2.00. The number of nitrogens with two attached hydrogens (primary N) is 1. The molecule has 7 heteroatoms. The minimum Gasteiger partial charge on any atom is -0.370 e. The normalized spacial score (nSPS) is 12.4. The van der Waals surface area contributed by atoms with Gasteiger partial charge in [-0.05, 0) is 12.3 Å². The summed E-state index contributed by atoms with van der Waals surface area (Å²) in [7, 11) is -2.93. The summed E-state index contributed by atoms with van der Waals surface area (Å²) in [5, 5.41) is 2.76. The summed E-state index contributed by atoms with van der Waals surface area (Å²) in [6.07, 6.45) is 2.18. The van der Waals surface area contributed by atoms with E-state index in [4.69, 9.17) is 5.73 Å². The van der Waals surface area contributed by atoms with Crippen molar-refractivity contribution in [1.82, 2.24) is 5.32 Å². The first kappa shape index (κ1) is 18.3. The third-order valence-corrected chi connectivity index (χ3v) is 2.71. The molecule has 16 heavy (non-hydrogen) atoms. The number of hydrogen-bond acceptors (Lipinski definition) is 3. The van der Waals surface area contributed by atoms with Crippen molar-refractivity contribution in [2.24, 2.45) is 16.6 Å². The Balaban J connectivity index is 0. The van der Waals surface area contributed by atoms with Crippen molar-refractivity contribution >= 4 is 39.8 Å². The molecule has 0 aromatic carbocycles. The molecule has 0 saturated heterocycles. The van der Waals surface area contributed by atoms with E-state index < -0.39 is 9.84 Å². The van der Waals surface area contributed by atoms with Gasteiger partial charge in [-0.3, -0.25) is 4.99 Å². The van der Waals surface area contributed by atoms with E-state index in [1.165, 1.54) is 6.26 Å². The molecule has 0 rings (SSSR count). The van der Waals surface area contributed by atoms with Crippen LogP contribution in [0.4, 0.5) is 0 Å². The number of nitrogens with one attached hydrogen (secondary N) is 1. The predicted octanol–water partition coefficient (Wildman–Crippen LogP) is 0.599. The van der Waals surface area contributed by atoms with Crippen molar-refractivity contribution in [3.8, 4) is 0 Å². The molecule has 0 aliphatic carbocycles. The lowest BCUT2D eigenvalue weighted by Gasteiger charge is -2.05. The van der Waals surface area contributed by atoms with E-state index in [1.54, 1.807) is 0 Å². The van der Waals surface area contributed by atoms with E-state index in [9.17, 15) is 8.42 Å². The molecule has 0 atom stereocenters. The second-order valence-corrected chi connectivity index (χ2v) is 6.27. The van der Waals surface area contributed by atoms with Crippen LogP contribution in [0.5, 0.6) is 0 Å². The van der Waals surface area contributed by atoms with Gasteiger partial charge in [-0.15, -0.1) is 24.0 Å². The van der Waals surface area contributed by atoms with Crippen molar-refractivity contribution in [2.45, 2.75) is 20.3 Å². The van der Waals surface area contributed by atoms with Crippen molar-refractivity contribution < 1.29 is 8.42 Å². The van der Waals surface area contributed by atoms with Crippen LogP contribution in [-0.2, 0) is 9.84 Å². The van der Waals surface area contributed by atoms with Gasteiger partial charge in [0.25, 0.3) is 0 Å². The molecule has 0 aromatic rings. The molecule has 0 spiro atoms. The Kier molecular flexibility index (Phi) is 10.3. The van der Waals surface area contributed by atoms with Gasteiger partial charge in [0.2, 0.25) is 0 Å². The maximum atomic E-state index is 10.8. The SMILES string of the molecule is CC(C)CCN=C(N)NCCS(C)(=O)=O.I. The highest BCUT2D eigenvalue weighted by molar-refractivity contribution is 14.0. The van der Waals surface area contributed by atoms with Crippen LogP contribution in [-0.4, -0.2) is 39.5 Å². The fourth-order valence-electron chi connectivity index (χ4n) is 0.864. The number of nitrogens with zero attached hydrogens (tertiary/aromatic N) is 1.